The topological polar surface area (TPSA) is 65.4 Å². The van der Waals surface area contributed by atoms with Gasteiger partial charge in [0.2, 0.25) is 0 Å². The summed E-state index contributed by atoms with van der Waals surface area (Å²) in [6.07, 6.45) is 4.11. The minimum atomic E-state index is -0.136. The maximum Gasteiger partial charge on any atom is 0.270 e. The highest BCUT2D eigenvalue weighted by Gasteiger charge is 2.15. The van der Waals surface area contributed by atoms with E-state index in [9.17, 15) is 4.79 Å². The van der Waals surface area contributed by atoms with Crippen LogP contribution in [-0.2, 0) is 0 Å². The van der Waals surface area contributed by atoms with E-state index in [1.807, 2.05) is 56.3 Å². The molecule has 1 atom stereocenters. The van der Waals surface area contributed by atoms with Crippen molar-refractivity contribution in [3.63, 3.8) is 0 Å². The van der Waals surface area contributed by atoms with Gasteiger partial charge in [-0.05, 0) is 48.7 Å². The van der Waals surface area contributed by atoms with Gasteiger partial charge in [-0.25, -0.2) is 4.98 Å². The molecule has 0 bridgehead atoms. The number of methoxy groups -OCH3 is 2. The van der Waals surface area contributed by atoms with E-state index in [1.54, 1.807) is 31.3 Å². The molecule has 0 aliphatic carbocycles. The molecule has 0 saturated heterocycles. The number of hydrogen-bond donors (Lipinski definition) is 1. The van der Waals surface area contributed by atoms with Crippen molar-refractivity contribution in [2.45, 2.75) is 26.3 Å². The first kappa shape index (κ1) is 19.5. The van der Waals surface area contributed by atoms with Crippen molar-refractivity contribution >= 4 is 5.91 Å². The molecule has 1 aromatic heterocycles. The van der Waals surface area contributed by atoms with Crippen LogP contribution in [0.2, 0.25) is 0 Å². The zero-order chi connectivity index (χ0) is 20.1. The normalized spacial score (nSPS) is 11.7. The van der Waals surface area contributed by atoms with E-state index < -0.39 is 0 Å². The summed E-state index contributed by atoms with van der Waals surface area (Å²) < 4.78 is 12.5. The Morgan fingerprint density at radius 1 is 1.11 bits per heavy atom. The number of aromatic nitrogens is 2. The fourth-order valence-corrected chi connectivity index (χ4v) is 2.92. The molecule has 1 N–H and O–H groups in total. The van der Waals surface area contributed by atoms with E-state index in [4.69, 9.17) is 9.47 Å². The zero-order valence-corrected chi connectivity index (χ0v) is 16.6. The fourth-order valence-electron chi connectivity index (χ4n) is 2.92. The van der Waals surface area contributed by atoms with Crippen LogP contribution < -0.4 is 14.8 Å². The predicted molar refractivity (Wildman–Crippen MR) is 109 cm³/mol. The molecule has 2 aromatic carbocycles. The second-order valence-corrected chi connectivity index (χ2v) is 6.55. The molecule has 0 spiro atoms. The van der Waals surface area contributed by atoms with Gasteiger partial charge in [0.05, 0.1) is 26.7 Å². The summed E-state index contributed by atoms with van der Waals surface area (Å²) in [5, 5.41) is 2.99. The van der Waals surface area contributed by atoms with Crippen molar-refractivity contribution in [2.24, 2.45) is 0 Å². The van der Waals surface area contributed by atoms with Crippen molar-refractivity contribution < 1.29 is 14.3 Å². The van der Waals surface area contributed by atoms with Gasteiger partial charge in [-0.3, -0.25) is 9.36 Å². The largest absolute Gasteiger partial charge is 0.493 e. The van der Waals surface area contributed by atoms with Crippen molar-refractivity contribution in [1.29, 1.82) is 0 Å². The predicted octanol–water partition coefficient (Wildman–Crippen LogP) is 4.08. The summed E-state index contributed by atoms with van der Waals surface area (Å²) in [7, 11) is 3.23. The molecular weight excluding hydrogens is 354 g/mol. The van der Waals surface area contributed by atoms with Gasteiger partial charge in [0.1, 0.15) is 5.69 Å². The molecule has 0 unspecified atom stereocenters. The SMILES string of the molecule is CC[C@H](C)NC(=O)c1cncn1-c1cccc(-c2ccc(OC)c(OC)c2)c1. The van der Waals surface area contributed by atoms with E-state index in [2.05, 4.69) is 10.3 Å². The molecule has 3 aromatic rings. The lowest BCUT2D eigenvalue weighted by atomic mass is 10.0. The number of nitrogens with zero attached hydrogens (tertiary/aromatic N) is 2. The lowest BCUT2D eigenvalue weighted by molar-refractivity contribution is 0.0932. The van der Waals surface area contributed by atoms with E-state index in [0.717, 1.165) is 23.2 Å². The van der Waals surface area contributed by atoms with Crippen LogP contribution in [0.15, 0.2) is 55.0 Å². The van der Waals surface area contributed by atoms with Gasteiger partial charge in [-0.15, -0.1) is 0 Å². The van der Waals surface area contributed by atoms with Crippen LogP contribution in [-0.4, -0.2) is 35.7 Å². The number of imidazole rings is 1. The standard InChI is InChI=1S/C22H25N3O3/c1-5-15(2)24-22(26)19-13-23-14-25(19)18-8-6-7-16(11-18)17-9-10-20(27-3)21(12-17)28-4/h6-15H,5H2,1-4H3,(H,24,26)/t15-/m0/s1. The quantitative estimate of drug-likeness (QED) is 0.672. The van der Waals surface area contributed by atoms with Crippen molar-refractivity contribution in [2.75, 3.05) is 14.2 Å². The lowest BCUT2D eigenvalue weighted by Crippen LogP contribution is -2.33. The second kappa shape index (κ2) is 8.61. The van der Waals surface area contributed by atoms with Crippen molar-refractivity contribution in [3.8, 4) is 28.3 Å². The molecule has 146 valence electrons. The number of nitrogens with one attached hydrogen (secondary N) is 1. The molecule has 6 nitrogen and oxygen atoms in total. The third-order valence-electron chi connectivity index (χ3n) is 4.70. The van der Waals surface area contributed by atoms with Crippen LogP contribution in [0.1, 0.15) is 30.8 Å². The molecule has 0 aliphatic heterocycles. The highest BCUT2D eigenvalue weighted by Crippen LogP contribution is 2.33. The monoisotopic (exact) mass is 379 g/mol. The summed E-state index contributed by atoms with van der Waals surface area (Å²) in [6.45, 7) is 4.02. The number of benzene rings is 2. The molecule has 0 radical (unpaired) electrons. The van der Waals surface area contributed by atoms with Gasteiger partial charge in [-0.2, -0.15) is 0 Å². The molecule has 1 amide bonds. The van der Waals surface area contributed by atoms with Crippen LogP contribution in [0.3, 0.4) is 0 Å². The highest BCUT2D eigenvalue weighted by molar-refractivity contribution is 5.93. The van der Waals surface area contributed by atoms with Crippen LogP contribution >= 0.6 is 0 Å². The number of rotatable bonds is 7. The van der Waals surface area contributed by atoms with Gasteiger partial charge in [-0.1, -0.05) is 25.1 Å². The Hall–Kier alpha value is -3.28. The fraction of sp³-hybridized carbons (Fsp3) is 0.273. The minimum Gasteiger partial charge on any atom is -0.493 e. The summed E-state index contributed by atoms with van der Waals surface area (Å²) in [6, 6.07) is 13.8. The first-order chi connectivity index (χ1) is 13.6. The summed E-state index contributed by atoms with van der Waals surface area (Å²) in [5.74, 6) is 1.21. The van der Waals surface area contributed by atoms with Crippen molar-refractivity contribution in [3.05, 3.63) is 60.7 Å². The maximum absolute atomic E-state index is 12.6. The Labute approximate surface area is 165 Å². The Balaban J connectivity index is 1.95. The van der Waals surface area contributed by atoms with Gasteiger partial charge in [0.15, 0.2) is 11.5 Å². The second-order valence-electron chi connectivity index (χ2n) is 6.55. The smallest absolute Gasteiger partial charge is 0.270 e. The van der Waals surface area contributed by atoms with E-state index in [0.29, 0.717) is 17.2 Å². The first-order valence-electron chi connectivity index (χ1n) is 9.23. The molecule has 1 heterocycles. The van der Waals surface area contributed by atoms with E-state index >= 15 is 0 Å². The molecule has 0 fully saturated rings. The number of hydrogen-bond acceptors (Lipinski definition) is 4. The van der Waals surface area contributed by atoms with E-state index in [1.165, 1.54) is 0 Å². The molecule has 28 heavy (non-hydrogen) atoms. The summed E-state index contributed by atoms with van der Waals surface area (Å²) >= 11 is 0. The minimum absolute atomic E-state index is 0.106. The van der Waals surface area contributed by atoms with Crippen molar-refractivity contribution in [1.82, 2.24) is 14.9 Å². The summed E-state index contributed by atoms with van der Waals surface area (Å²) in [5.41, 5.74) is 3.36. The van der Waals surface area contributed by atoms with Gasteiger partial charge < -0.3 is 14.8 Å². The van der Waals surface area contributed by atoms with Gasteiger partial charge in [0, 0.05) is 11.7 Å². The molecule has 0 aliphatic rings. The number of carbonyl (C=O) groups excluding carboxylic acids is 1. The van der Waals surface area contributed by atoms with E-state index in [-0.39, 0.29) is 11.9 Å². The number of carbonyl (C=O) groups is 1. The van der Waals surface area contributed by atoms with Gasteiger partial charge >= 0.3 is 0 Å². The lowest BCUT2D eigenvalue weighted by Gasteiger charge is -2.14. The first-order valence-corrected chi connectivity index (χ1v) is 9.23. The third kappa shape index (κ3) is 4.01. The Bertz CT molecular complexity index is 965. The van der Waals surface area contributed by atoms with Crippen LogP contribution in [0.4, 0.5) is 0 Å². The Morgan fingerprint density at radius 2 is 1.86 bits per heavy atom. The average Bonchev–Trinajstić information content (AvgIpc) is 3.23. The van der Waals surface area contributed by atoms with Crippen LogP contribution in [0, 0.1) is 0 Å². The zero-order valence-electron chi connectivity index (χ0n) is 16.6. The molecule has 0 saturated carbocycles. The molecule has 3 rings (SSSR count). The third-order valence-corrected chi connectivity index (χ3v) is 4.70. The Morgan fingerprint density at radius 3 is 2.57 bits per heavy atom. The number of amides is 1. The van der Waals surface area contributed by atoms with Crippen LogP contribution in [0.25, 0.3) is 16.8 Å². The average molecular weight is 379 g/mol. The molecule has 6 heteroatoms. The summed E-state index contributed by atoms with van der Waals surface area (Å²) in [4.78, 5) is 16.7. The maximum atomic E-state index is 12.6. The van der Waals surface area contributed by atoms with Gasteiger partial charge in [0.25, 0.3) is 5.91 Å². The molecular formula is C22H25N3O3. The number of ether oxygens (including phenoxy) is 2. The Kier molecular flexibility index (Phi) is 5.99. The highest BCUT2D eigenvalue weighted by atomic mass is 16.5. The van der Waals surface area contributed by atoms with Crippen LogP contribution in [0.5, 0.6) is 11.5 Å².